The van der Waals surface area contributed by atoms with E-state index in [0.29, 0.717) is 16.9 Å². The Morgan fingerprint density at radius 3 is 2.00 bits per heavy atom. The van der Waals surface area contributed by atoms with E-state index in [2.05, 4.69) is 0 Å². The van der Waals surface area contributed by atoms with Gasteiger partial charge < -0.3 is 25.7 Å². The average molecular weight is 565 g/mol. The smallest absolute Gasteiger partial charge is 0.426 e. The van der Waals surface area contributed by atoms with Gasteiger partial charge in [0.25, 0.3) is 0 Å². The van der Waals surface area contributed by atoms with Gasteiger partial charge in [0.05, 0.1) is 11.1 Å². The number of hydrogen-bond acceptors (Lipinski definition) is 7. The van der Waals surface area contributed by atoms with Crippen LogP contribution >= 0.6 is 0 Å². The number of carbonyl (C=O) groups excluding carboxylic acids is 2. The number of halogens is 5. The lowest BCUT2D eigenvalue weighted by molar-refractivity contribution is -0.185. The van der Waals surface area contributed by atoms with E-state index in [9.17, 15) is 31.5 Å². The van der Waals surface area contributed by atoms with Crippen LogP contribution in [0.2, 0.25) is 0 Å². The van der Waals surface area contributed by atoms with E-state index in [4.69, 9.17) is 25.7 Å². The predicted molar refractivity (Wildman–Crippen MR) is 137 cm³/mol. The van der Waals surface area contributed by atoms with Crippen molar-refractivity contribution in [2.75, 3.05) is 24.7 Å². The van der Waals surface area contributed by atoms with Gasteiger partial charge in [0, 0.05) is 23.9 Å². The average Bonchev–Trinajstić information content (AvgIpc) is 2.88. The highest BCUT2D eigenvalue weighted by molar-refractivity contribution is 5.91. The van der Waals surface area contributed by atoms with E-state index in [1.54, 1.807) is 0 Å². The molecule has 40 heavy (non-hydrogen) atoms. The Hall–Kier alpha value is -4.61. The maximum Gasteiger partial charge on any atom is 0.426 e. The molecule has 0 saturated carbocycles. The van der Waals surface area contributed by atoms with Crippen molar-refractivity contribution in [3.8, 4) is 5.75 Å². The molecule has 0 amide bonds. The second kappa shape index (κ2) is 13.0. The van der Waals surface area contributed by atoms with Crippen LogP contribution in [0.3, 0.4) is 0 Å². The molecule has 0 aliphatic carbocycles. The molecule has 3 aromatic rings. The molecule has 0 heterocycles. The first-order valence-corrected chi connectivity index (χ1v) is 11.8. The molecule has 0 saturated heterocycles. The Labute approximate surface area is 226 Å². The van der Waals surface area contributed by atoms with Crippen LogP contribution in [0.5, 0.6) is 5.75 Å². The zero-order valence-corrected chi connectivity index (χ0v) is 20.9. The minimum absolute atomic E-state index is 0.159. The highest BCUT2D eigenvalue weighted by Gasteiger charge is 2.34. The van der Waals surface area contributed by atoms with Crippen molar-refractivity contribution in [1.82, 2.24) is 0 Å². The van der Waals surface area contributed by atoms with E-state index in [0.717, 1.165) is 18.2 Å². The van der Waals surface area contributed by atoms with Gasteiger partial charge in [-0.25, -0.2) is 9.59 Å². The lowest BCUT2D eigenvalue weighted by atomic mass is 10.1. The van der Waals surface area contributed by atoms with Crippen LogP contribution in [0.1, 0.15) is 33.5 Å². The summed E-state index contributed by atoms with van der Waals surface area (Å²) in [5, 5.41) is 0. The van der Waals surface area contributed by atoms with Gasteiger partial charge in [-0.2, -0.15) is 22.0 Å². The topological polar surface area (TPSA) is 114 Å². The predicted octanol–water partition coefficient (Wildman–Crippen LogP) is 5.89. The molecular formula is C28H25F5N2O5. The van der Waals surface area contributed by atoms with Crippen LogP contribution in [0.15, 0.2) is 72.8 Å². The summed E-state index contributed by atoms with van der Waals surface area (Å²) in [7, 11) is 0. The first-order chi connectivity index (χ1) is 18.8. The van der Waals surface area contributed by atoms with E-state index < -0.39 is 36.2 Å². The number of alkyl halides is 5. The zero-order chi connectivity index (χ0) is 29.3. The second-order valence-electron chi connectivity index (χ2n) is 8.53. The molecular weight excluding hydrogens is 539 g/mol. The van der Waals surface area contributed by atoms with Gasteiger partial charge in [0.15, 0.2) is 0 Å². The highest BCUT2D eigenvalue weighted by Crippen LogP contribution is 2.32. The Morgan fingerprint density at radius 2 is 1.40 bits per heavy atom. The van der Waals surface area contributed by atoms with Crippen LogP contribution < -0.4 is 16.2 Å². The van der Waals surface area contributed by atoms with Crippen molar-refractivity contribution in [3.63, 3.8) is 0 Å². The number of benzene rings is 3. The normalized spacial score (nSPS) is 11.8. The van der Waals surface area contributed by atoms with Crippen LogP contribution in [0.25, 0.3) is 6.08 Å². The van der Waals surface area contributed by atoms with Crippen LogP contribution in [0.4, 0.5) is 33.3 Å². The summed E-state index contributed by atoms with van der Waals surface area (Å²) in [5.74, 6) is -1.58. The molecule has 0 radical (unpaired) electrons. The quantitative estimate of drug-likeness (QED) is 0.0982. The third kappa shape index (κ3) is 9.61. The molecule has 0 fully saturated rings. The molecule has 12 heteroatoms. The summed E-state index contributed by atoms with van der Waals surface area (Å²) in [5.41, 5.74) is 12.2. The Morgan fingerprint density at radius 1 is 0.800 bits per heavy atom. The minimum atomic E-state index is -4.33. The second-order valence-corrected chi connectivity index (χ2v) is 8.53. The maximum atomic E-state index is 14.5. The molecule has 3 rings (SSSR count). The van der Waals surface area contributed by atoms with Gasteiger partial charge in [-0.05, 0) is 66.1 Å². The zero-order valence-electron chi connectivity index (χ0n) is 20.9. The number of nitrogen functional groups attached to an aromatic ring is 2. The highest BCUT2D eigenvalue weighted by atomic mass is 19.4. The van der Waals surface area contributed by atoms with Crippen molar-refractivity contribution in [3.05, 3.63) is 95.1 Å². The number of ether oxygens (including phenoxy) is 3. The molecule has 0 aromatic heterocycles. The fourth-order valence-electron chi connectivity index (χ4n) is 3.37. The molecule has 0 aliphatic rings. The summed E-state index contributed by atoms with van der Waals surface area (Å²) in [6.45, 7) is -0.415. The molecule has 0 spiro atoms. The minimum Gasteiger partial charge on any atom is -0.459 e. The summed E-state index contributed by atoms with van der Waals surface area (Å²) in [6.07, 6.45) is -6.94. The number of anilines is 2. The molecule has 4 N–H and O–H groups in total. The summed E-state index contributed by atoms with van der Waals surface area (Å²) >= 11 is 0. The van der Waals surface area contributed by atoms with E-state index in [1.165, 1.54) is 60.7 Å². The number of nitrogens with two attached hydrogens (primary N) is 2. The molecule has 0 atom stereocenters. The number of aryl methyl sites for hydroxylation is 1. The van der Waals surface area contributed by atoms with Crippen molar-refractivity contribution in [1.29, 1.82) is 0 Å². The van der Waals surface area contributed by atoms with Gasteiger partial charge in [0.1, 0.15) is 19.0 Å². The Balaban J connectivity index is 1.44. The van der Waals surface area contributed by atoms with Crippen molar-refractivity contribution < 1.29 is 45.8 Å². The number of hydrogen-bond donors (Lipinski definition) is 2. The summed E-state index contributed by atoms with van der Waals surface area (Å²) in [6, 6.07) is 14.1. The molecule has 0 unspecified atom stereocenters. The monoisotopic (exact) mass is 564 g/mol. The largest absolute Gasteiger partial charge is 0.459 e. The van der Waals surface area contributed by atoms with Crippen molar-refractivity contribution in [2.24, 2.45) is 0 Å². The van der Waals surface area contributed by atoms with E-state index in [1.807, 2.05) is 0 Å². The van der Waals surface area contributed by atoms with Crippen LogP contribution in [0, 0.1) is 0 Å². The molecule has 0 bridgehead atoms. The lowest BCUT2D eigenvalue weighted by Gasteiger charge is -2.18. The SMILES string of the molecule is Nc1cc(N)cc(C(=O)OCCOC(=O)C=Cc2ccc(OC(F)(F)c3ccc(CCC(F)(F)F)cc3)cc2)c1. The number of carbonyl (C=O) groups is 2. The van der Waals surface area contributed by atoms with Gasteiger partial charge in [-0.3, -0.25) is 0 Å². The van der Waals surface area contributed by atoms with Gasteiger partial charge >= 0.3 is 24.2 Å². The first kappa shape index (κ1) is 29.9. The fourth-order valence-corrected chi connectivity index (χ4v) is 3.37. The lowest BCUT2D eigenvalue weighted by Crippen LogP contribution is -2.21. The van der Waals surface area contributed by atoms with Crippen LogP contribution in [-0.2, 0) is 26.8 Å². The van der Waals surface area contributed by atoms with Gasteiger partial charge in [0.2, 0.25) is 0 Å². The molecule has 0 aliphatic heterocycles. The standard InChI is InChI=1S/C28H25F5N2O5/c29-27(30,31)12-11-19-1-6-21(7-2-19)28(32,33)40-24-8-3-18(4-9-24)5-10-25(36)38-13-14-39-26(37)20-15-22(34)17-23(35)16-20/h1-10,15-17H,11-14,34-35H2. The Bertz CT molecular complexity index is 1320. The number of esters is 2. The summed E-state index contributed by atoms with van der Waals surface area (Å²) in [4.78, 5) is 23.9. The van der Waals surface area contributed by atoms with E-state index in [-0.39, 0.29) is 36.5 Å². The maximum absolute atomic E-state index is 14.5. The molecule has 7 nitrogen and oxygen atoms in total. The molecule has 212 valence electrons. The Kier molecular flexibility index (Phi) is 9.70. The number of rotatable bonds is 11. The fraction of sp³-hybridized carbons (Fsp3) is 0.214. The van der Waals surface area contributed by atoms with Crippen molar-refractivity contribution >= 4 is 29.4 Å². The third-order valence-corrected chi connectivity index (χ3v) is 5.30. The molecule has 3 aromatic carbocycles. The first-order valence-electron chi connectivity index (χ1n) is 11.8. The van der Waals surface area contributed by atoms with Gasteiger partial charge in [-0.15, -0.1) is 0 Å². The van der Waals surface area contributed by atoms with Crippen LogP contribution in [-0.4, -0.2) is 31.3 Å². The van der Waals surface area contributed by atoms with E-state index >= 15 is 0 Å². The van der Waals surface area contributed by atoms with Gasteiger partial charge in [-0.1, -0.05) is 24.3 Å². The third-order valence-electron chi connectivity index (χ3n) is 5.30. The van der Waals surface area contributed by atoms with Crippen molar-refractivity contribution in [2.45, 2.75) is 25.1 Å². The summed E-state index contributed by atoms with van der Waals surface area (Å²) < 4.78 is 80.7.